The normalized spacial score (nSPS) is 20.8. The van der Waals surface area contributed by atoms with Gasteiger partial charge in [0.2, 0.25) is 0 Å². The summed E-state index contributed by atoms with van der Waals surface area (Å²) in [5.41, 5.74) is 4.48. The first kappa shape index (κ1) is 11.7. The van der Waals surface area contributed by atoms with Crippen LogP contribution in [0.5, 0.6) is 0 Å². The molecule has 0 saturated carbocycles. The van der Waals surface area contributed by atoms with Crippen LogP contribution >= 0.6 is 0 Å². The van der Waals surface area contributed by atoms with Crippen molar-refractivity contribution in [2.75, 3.05) is 0 Å². The van der Waals surface area contributed by atoms with Crippen LogP contribution in [0.2, 0.25) is 0 Å². The van der Waals surface area contributed by atoms with Gasteiger partial charge < -0.3 is 5.32 Å². The molecule has 2 rings (SSSR count). The van der Waals surface area contributed by atoms with E-state index in [1.165, 1.54) is 36.8 Å². The van der Waals surface area contributed by atoms with Gasteiger partial charge in [-0.1, -0.05) is 37.1 Å². The zero-order valence-corrected chi connectivity index (χ0v) is 10.7. The van der Waals surface area contributed by atoms with Crippen molar-refractivity contribution >= 4 is 0 Å². The number of hydrogen-bond donors (Lipinski definition) is 1. The minimum absolute atomic E-state index is 0.595. The molecule has 1 heteroatoms. The Morgan fingerprint density at radius 1 is 1.44 bits per heavy atom. The largest absolute Gasteiger partial charge is 0.307 e. The van der Waals surface area contributed by atoms with Gasteiger partial charge in [-0.2, -0.15) is 0 Å². The van der Waals surface area contributed by atoms with Crippen LogP contribution in [-0.2, 0) is 6.42 Å². The maximum absolute atomic E-state index is 3.76. The van der Waals surface area contributed by atoms with Gasteiger partial charge in [0.25, 0.3) is 0 Å². The Morgan fingerprint density at radius 3 is 3.00 bits per heavy atom. The van der Waals surface area contributed by atoms with E-state index in [9.17, 15) is 0 Å². The highest BCUT2D eigenvalue weighted by Crippen LogP contribution is 2.32. The Kier molecular flexibility index (Phi) is 3.65. The zero-order chi connectivity index (χ0) is 11.5. The van der Waals surface area contributed by atoms with Gasteiger partial charge >= 0.3 is 0 Å². The van der Waals surface area contributed by atoms with Crippen LogP contribution in [0.25, 0.3) is 0 Å². The summed E-state index contributed by atoms with van der Waals surface area (Å²) >= 11 is 0. The first-order valence-electron chi connectivity index (χ1n) is 6.56. The van der Waals surface area contributed by atoms with Crippen molar-refractivity contribution in [3.05, 3.63) is 34.9 Å². The average Bonchev–Trinajstić information content (AvgIpc) is 2.61. The third-order valence-electron chi connectivity index (χ3n) is 3.58. The van der Waals surface area contributed by atoms with Crippen molar-refractivity contribution in [1.29, 1.82) is 0 Å². The third kappa shape index (κ3) is 2.46. The molecule has 1 aliphatic rings. The van der Waals surface area contributed by atoms with Gasteiger partial charge in [0.15, 0.2) is 0 Å². The van der Waals surface area contributed by atoms with E-state index in [1.54, 1.807) is 5.56 Å². The summed E-state index contributed by atoms with van der Waals surface area (Å²) in [6.07, 6.45) is 5.06. The second-order valence-electron chi connectivity index (χ2n) is 5.15. The summed E-state index contributed by atoms with van der Waals surface area (Å²) in [5.74, 6) is 0. The van der Waals surface area contributed by atoms with E-state index in [0.29, 0.717) is 12.1 Å². The van der Waals surface area contributed by atoms with Gasteiger partial charge in [0.05, 0.1) is 0 Å². The lowest BCUT2D eigenvalue weighted by atomic mass is 10.0. The fourth-order valence-electron chi connectivity index (χ4n) is 2.78. The van der Waals surface area contributed by atoms with E-state index in [-0.39, 0.29) is 0 Å². The summed E-state index contributed by atoms with van der Waals surface area (Å²) in [5, 5.41) is 3.76. The van der Waals surface area contributed by atoms with E-state index in [4.69, 9.17) is 0 Å². The summed E-state index contributed by atoms with van der Waals surface area (Å²) in [4.78, 5) is 0. The fourth-order valence-corrected chi connectivity index (χ4v) is 2.78. The van der Waals surface area contributed by atoms with Crippen molar-refractivity contribution in [2.45, 2.75) is 58.5 Å². The Bertz CT molecular complexity index is 356. The maximum atomic E-state index is 3.76. The number of benzene rings is 1. The Morgan fingerprint density at radius 2 is 2.25 bits per heavy atom. The van der Waals surface area contributed by atoms with Crippen LogP contribution < -0.4 is 5.32 Å². The van der Waals surface area contributed by atoms with Gasteiger partial charge in [0, 0.05) is 12.1 Å². The van der Waals surface area contributed by atoms with E-state index in [2.05, 4.69) is 44.3 Å². The number of fused-ring (bicyclic) bond motifs is 1. The Hall–Kier alpha value is -0.820. The highest BCUT2D eigenvalue weighted by atomic mass is 14.9. The summed E-state index contributed by atoms with van der Waals surface area (Å²) in [7, 11) is 0. The molecule has 0 aromatic heterocycles. The zero-order valence-electron chi connectivity index (χ0n) is 10.7. The molecule has 1 nitrogen and oxygen atoms in total. The van der Waals surface area contributed by atoms with E-state index in [1.807, 2.05) is 0 Å². The molecule has 1 aliphatic carbocycles. The fraction of sp³-hybridized carbons (Fsp3) is 0.600. The molecule has 16 heavy (non-hydrogen) atoms. The topological polar surface area (TPSA) is 12.0 Å². The molecule has 1 N–H and O–H groups in total. The molecule has 0 fully saturated rings. The second-order valence-corrected chi connectivity index (χ2v) is 5.15. The lowest BCUT2D eigenvalue weighted by Gasteiger charge is -2.20. The molecule has 0 saturated heterocycles. The van der Waals surface area contributed by atoms with Gasteiger partial charge in [-0.3, -0.25) is 0 Å². The van der Waals surface area contributed by atoms with Crippen molar-refractivity contribution in [1.82, 2.24) is 5.32 Å². The summed E-state index contributed by atoms with van der Waals surface area (Å²) in [6.45, 7) is 6.74. The molecule has 0 radical (unpaired) electrons. The monoisotopic (exact) mass is 217 g/mol. The van der Waals surface area contributed by atoms with Gasteiger partial charge in [0.1, 0.15) is 0 Å². The van der Waals surface area contributed by atoms with Crippen LogP contribution in [0, 0.1) is 6.92 Å². The van der Waals surface area contributed by atoms with Crippen molar-refractivity contribution in [3.8, 4) is 0 Å². The van der Waals surface area contributed by atoms with Crippen LogP contribution in [0.1, 0.15) is 55.8 Å². The lowest BCUT2D eigenvalue weighted by Crippen LogP contribution is -2.29. The molecular formula is C15H23N. The van der Waals surface area contributed by atoms with Crippen LogP contribution in [0.3, 0.4) is 0 Å². The minimum Gasteiger partial charge on any atom is -0.307 e. The van der Waals surface area contributed by atoms with Gasteiger partial charge in [-0.05, 0) is 44.2 Å². The molecule has 0 aliphatic heterocycles. The molecule has 0 heterocycles. The molecule has 2 unspecified atom stereocenters. The molecule has 0 amide bonds. The molecular weight excluding hydrogens is 194 g/mol. The number of aryl methyl sites for hydroxylation is 2. The average molecular weight is 217 g/mol. The van der Waals surface area contributed by atoms with Crippen LogP contribution in [0.4, 0.5) is 0 Å². The SMILES string of the molecule is CCCC(C)NC1CCc2cc(C)ccc21. The lowest BCUT2D eigenvalue weighted by molar-refractivity contribution is 0.431. The molecule has 2 atom stereocenters. The highest BCUT2D eigenvalue weighted by Gasteiger charge is 2.22. The molecule has 88 valence electrons. The maximum Gasteiger partial charge on any atom is 0.0328 e. The highest BCUT2D eigenvalue weighted by molar-refractivity contribution is 5.37. The predicted molar refractivity (Wildman–Crippen MR) is 69.7 cm³/mol. The smallest absolute Gasteiger partial charge is 0.0328 e. The Balaban J connectivity index is 2.06. The number of rotatable bonds is 4. The van der Waals surface area contributed by atoms with E-state index in [0.717, 1.165) is 0 Å². The van der Waals surface area contributed by atoms with Crippen molar-refractivity contribution in [3.63, 3.8) is 0 Å². The summed E-state index contributed by atoms with van der Waals surface area (Å²) in [6, 6.07) is 8.14. The minimum atomic E-state index is 0.595. The Labute approximate surface area is 99.3 Å². The van der Waals surface area contributed by atoms with Crippen LogP contribution in [0.15, 0.2) is 18.2 Å². The van der Waals surface area contributed by atoms with E-state index >= 15 is 0 Å². The van der Waals surface area contributed by atoms with Crippen molar-refractivity contribution < 1.29 is 0 Å². The van der Waals surface area contributed by atoms with Crippen molar-refractivity contribution in [2.24, 2.45) is 0 Å². The molecule has 0 bridgehead atoms. The standard InChI is InChI=1S/C15H23N/c1-4-5-12(3)16-15-9-7-13-10-11(2)6-8-14(13)15/h6,8,10,12,15-16H,4-5,7,9H2,1-3H3. The number of hydrogen-bond acceptors (Lipinski definition) is 1. The van der Waals surface area contributed by atoms with Crippen LogP contribution in [-0.4, -0.2) is 6.04 Å². The van der Waals surface area contributed by atoms with Gasteiger partial charge in [-0.15, -0.1) is 0 Å². The third-order valence-corrected chi connectivity index (χ3v) is 3.58. The number of nitrogens with one attached hydrogen (secondary N) is 1. The van der Waals surface area contributed by atoms with Gasteiger partial charge in [-0.25, -0.2) is 0 Å². The molecule has 1 aromatic carbocycles. The first-order chi connectivity index (χ1) is 7.70. The quantitative estimate of drug-likeness (QED) is 0.809. The van der Waals surface area contributed by atoms with E-state index < -0.39 is 0 Å². The summed E-state index contributed by atoms with van der Waals surface area (Å²) < 4.78 is 0. The molecule has 1 aromatic rings. The second kappa shape index (κ2) is 5.01. The first-order valence-corrected chi connectivity index (χ1v) is 6.56. The molecule has 0 spiro atoms. The predicted octanol–water partition coefficient (Wildman–Crippen LogP) is 3.76.